The molecule has 0 amide bonds. The van der Waals surface area contributed by atoms with Gasteiger partial charge in [0.1, 0.15) is 0 Å². The van der Waals surface area contributed by atoms with E-state index in [4.69, 9.17) is 0 Å². The Labute approximate surface area is 129 Å². The minimum Gasteiger partial charge on any atom is -0.310 e. The highest BCUT2D eigenvalue weighted by Gasteiger charge is 2.25. The SMILES string of the molecule is Cc1cc(CNC(C)C)cc(S(=O)(=O)N(C)C(C)C)c1C. The van der Waals surface area contributed by atoms with E-state index in [1.54, 1.807) is 13.1 Å². The molecule has 1 rings (SSSR count). The summed E-state index contributed by atoms with van der Waals surface area (Å²) in [4.78, 5) is 0.416. The molecule has 0 aliphatic carbocycles. The summed E-state index contributed by atoms with van der Waals surface area (Å²) in [5.41, 5.74) is 2.84. The molecule has 0 aliphatic rings. The highest BCUT2D eigenvalue weighted by atomic mass is 32.2. The van der Waals surface area contributed by atoms with E-state index < -0.39 is 10.0 Å². The molecule has 0 atom stereocenters. The summed E-state index contributed by atoms with van der Waals surface area (Å²) in [6.45, 7) is 12.4. The molecule has 0 unspecified atom stereocenters. The summed E-state index contributed by atoms with van der Waals surface area (Å²) in [7, 11) is -1.81. The van der Waals surface area contributed by atoms with Gasteiger partial charge in [0.2, 0.25) is 10.0 Å². The van der Waals surface area contributed by atoms with Gasteiger partial charge in [0.05, 0.1) is 4.90 Å². The van der Waals surface area contributed by atoms with Crippen LogP contribution in [0.3, 0.4) is 0 Å². The van der Waals surface area contributed by atoms with Gasteiger partial charge >= 0.3 is 0 Å². The molecule has 4 nitrogen and oxygen atoms in total. The van der Waals surface area contributed by atoms with Crippen LogP contribution in [0.4, 0.5) is 0 Å². The minimum atomic E-state index is -3.45. The molecule has 1 aromatic carbocycles. The molecule has 1 aromatic rings. The third kappa shape index (κ3) is 4.28. The van der Waals surface area contributed by atoms with Gasteiger partial charge in [-0.1, -0.05) is 19.9 Å². The number of hydrogen-bond donors (Lipinski definition) is 1. The number of nitrogens with zero attached hydrogens (tertiary/aromatic N) is 1. The van der Waals surface area contributed by atoms with Crippen molar-refractivity contribution in [2.75, 3.05) is 7.05 Å². The van der Waals surface area contributed by atoms with Crippen LogP contribution in [0.25, 0.3) is 0 Å². The standard InChI is InChI=1S/C16H28N2O2S/c1-11(2)17-10-15-8-13(5)14(6)16(9-15)21(19,20)18(7)12(3)4/h8-9,11-12,17H,10H2,1-7H3. The fourth-order valence-corrected chi connectivity index (χ4v) is 3.74. The highest BCUT2D eigenvalue weighted by molar-refractivity contribution is 7.89. The van der Waals surface area contributed by atoms with Gasteiger partial charge in [0.25, 0.3) is 0 Å². The van der Waals surface area contributed by atoms with Gasteiger partial charge in [-0.3, -0.25) is 0 Å². The number of benzene rings is 1. The molecular formula is C16H28N2O2S. The van der Waals surface area contributed by atoms with E-state index in [0.717, 1.165) is 16.7 Å². The molecule has 0 heterocycles. The summed E-state index contributed by atoms with van der Waals surface area (Å²) >= 11 is 0. The van der Waals surface area contributed by atoms with Crippen molar-refractivity contribution in [2.24, 2.45) is 0 Å². The summed E-state index contributed by atoms with van der Waals surface area (Å²) in [5.74, 6) is 0. The van der Waals surface area contributed by atoms with Crippen molar-refractivity contribution in [1.82, 2.24) is 9.62 Å². The number of nitrogens with one attached hydrogen (secondary N) is 1. The molecule has 5 heteroatoms. The van der Waals surface area contributed by atoms with Crippen molar-refractivity contribution in [2.45, 2.75) is 65.1 Å². The third-order valence-corrected chi connectivity index (χ3v) is 5.94. The predicted octanol–water partition coefficient (Wildman–Crippen LogP) is 2.83. The van der Waals surface area contributed by atoms with Crippen molar-refractivity contribution in [3.8, 4) is 0 Å². The number of sulfonamides is 1. The van der Waals surface area contributed by atoms with E-state index in [-0.39, 0.29) is 6.04 Å². The molecule has 21 heavy (non-hydrogen) atoms. The Morgan fingerprint density at radius 3 is 2.19 bits per heavy atom. The monoisotopic (exact) mass is 312 g/mol. The largest absolute Gasteiger partial charge is 0.310 e. The summed E-state index contributed by atoms with van der Waals surface area (Å²) < 4.78 is 26.9. The lowest BCUT2D eigenvalue weighted by Gasteiger charge is -2.23. The number of hydrogen-bond acceptors (Lipinski definition) is 3. The smallest absolute Gasteiger partial charge is 0.243 e. The lowest BCUT2D eigenvalue weighted by Crippen LogP contribution is -2.33. The molecule has 0 saturated heterocycles. The van der Waals surface area contributed by atoms with Gasteiger partial charge in [-0.2, -0.15) is 4.31 Å². The zero-order valence-electron chi connectivity index (χ0n) is 14.2. The lowest BCUT2D eigenvalue weighted by molar-refractivity contribution is 0.410. The molecule has 0 aliphatic heterocycles. The molecule has 0 saturated carbocycles. The predicted molar refractivity (Wildman–Crippen MR) is 88.0 cm³/mol. The van der Waals surface area contributed by atoms with Crippen molar-refractivity contribution in [3.05, 3.63) is 28.8 Å². The van der Waals surface area contributed by atoms with Crippen molar-refractivity contribution >= 4 is 10.0 Å². The molecular weight excluding hydrogens is 284 g/mol. The van der Waals surface area contributed by atoms with Crippen LogP contribution in [0.5, 0.6) is 0 Å². The van der Waals surface area contributed by atoms with Crippen molar-refractivity contribution in [3.63, 3.8) is 0 Å². The Hall–Kier alpha value is -0.910. The number of aryl methyl sites for hydroxylation is 1. The second-order valence-electron chi connectivity index (χ2n) is 6.19. The van der Waals surface area contributed by atoms with Gasteiger partial charge < -0.3 is 5.32 Å². The Bertz CT molecular complexity index is 593. The van der Waals surface area contributed by atoms with Crippen LogP contribution in [0.15, 0.2) is 17.0 Å². The lowest BCUT2D eigenvalue weighted by atomic mass is 10.1. The van der Waals surface area contributed by atoms with Crippen LogP contribution in [0, 0.1) is 13.8 Å². The third-order valence-electron chi connectivity index (χ3n) is 3.78. The first kappa shape index (κ1) is 18.1. The molecule has 0 fully saturated rings. The van der Waals surface area contributed by atoms with E-state index in [2.05, 4.69) is 25.2 Å². The fourth-order valence-electron chi connectivity index (χ4n) is 2.02. The van der Waals surface area contributed by atoms with Crippen molar-refractivity contribution < 1.29 is 8.42 Å². The van der Waals surface area contributed by atoms with Crippen LogP contribution < -0.4 is 5.32 Å². The summed E-state index contributed by atoms with van der Waals surface area (Å²) in [6, 6.07) is 4.16. The Balaban J connectivity index is 3.29. The van der Waals surface area contributed by atoms with E-state index in [9.17, 15) is 8.42 Å². The summed E-state index contributed by atoms with van der Waals surface area (Å²) in [5, 5.41) is 3.33. The topological polar surface area (TPSA) is 49.4 Å². The summed E-state index contributed by atoms with van der Waals surface area (Å²) in [6.07, 6.45) is 0. The maximum Gasteiger partial charge on any atom is 0.243 e. The Morgan fingerprint density at radius 2 is 1.71 bits per heavy atom. The van der Waals surface area contributed by atoms with Gasteiger partial charge in [-0.25, -0.2) is 8.42 Å². The van der Waals surface area contributed by atoms with E-state index >= 15 is 0 Å². The van der Waals surface area contributed by atoms with Crippen LogP contribution >= 0.6 is 0 Å². The van der Waals surface area contributed by atoms with Gasteiger partial charge in [-0.05, 0) is 50.5 Å². The maximum absolute atomic E-state index is 12.7. The van der Waals surface area contributed by atoms with Crippen LogP contribution in [0.1, 0.15) is 44.4 Å². The van der Waals surface area contributed by atoms with Gasteiger partial charge in [0.15, 0.2) is 0 Å². The molecule has 0 aromatic heterocycles. The first-order chi connectivity index (χ1) is 9.57. The van der Waals surface area contributed by atoms with Crippen LogP contribution in [0.2, 0.25) is 0 Å². The van der Waals surface area contributed by atoms with Crippen molar-refractivity contribution in [1.29, 1.82) is 0 Å². The normalized spacial score (nSPS) is 12.7. The fraction of sp³-hybridized carbons (Fsp3) is 0.625. The first-order valence-corrected chi connectivity index (χ1v) is 8.83. The Kier molecular flexibility index (Phi) is 5.96. The van der Waals surface area contributed by atoms with Crippen LogP contribution in [-0.4, -0.2) is 31.9 Å². The zero-order valence-corrected chi connectivity index (χ0v) is 15.0. The van der Waals surface area contributed by atoms with E-state index in [0.29, 0.717) is 17.5 Å². The average molecular weight is 312 g/mol. The second kappa shape index (κ2) is 6.90. The zero-order chi connectivity index (χ0) is 16.4. The van der Waals surface area contributed by atoms with Gasteiger partial charge in [0, 0.05) is 25.7 Å². The number of rotatable bonds is 6. The molecule has 120 valence electrons. The maximum atomic E-state index is 12.7. The molecule has 0 radical (unpaired) electrons. The van der Waals surface area contributed by atoms with E-state index in [1.165, 1.54) is 4.31 Å². The molecule has 0 spiro atoms. The molecule has 0 bridgehead atoms. The second-order valence-corrected chi connectivity index (χ2v) is 8.15. The van der Waals surface area contributed by atoms with E-state index in [1.807, 2.05) is 27.7 Å². The first-order valence-electron chi connectivity index (χ1n) is 7.39. The van der Waals surface area contributed by atoms with Gasteiger partial charge in [-0.15, -0.1) is 0 Å². The quantitative estimate of drug-likeness (QED) is 0.879. The average Bonchev–Trinajstić information content (AvgIpc) is 2.38. The Morgan fingerprint density at radius 1 is 1.14 bits per heavy atom. The van der Waals surface area contributed by atoms with Crippen LogP contribution in [-0.2, 0) is 16.6 Å². The highest BCUT2D eigenvalue weighted by Crippen LogP contribution is 2.24. The minimum absolute atomic E-state index is 0.0628. The molecule has 1 N–H and O–H groups in total.